The number of methoxy groups -OCH3 is 2. The number of amides is 1. The monoisotopic (exact) mass is 722 g/mol. The maximum Gasteiger partial charge on any atom is 0.415 e. The van der Waals surface area contributed by atoms with Crippen molar-refractivity contribution < 1.29 is 43.7 Å². The van der Waals surface area contributed by atoms with E-state index in [1.54, 1.807) is 60.9 Å². The number of carbonyl (C=O) groups excluding carboxylic acids is 2. The SMILES string of the molecule is COc1ccc([C@H](Cc2c(Cl)c[nH+]cc2Cl)OC(=O)c2ccc(CN(C(=O)O[C@H]3CN4CCC3CC4)c3cccc(O)c3O)cc2)cc1OC. The van der Waals surface area contributed by atoms with Crippen LogP contribution in [-0.2, 0) is 22.4 Å². The number of halogens is 2. The average molecular weight is 724 g/mol. The molecule has 13 heteroatoms. The molecule has 0 unspecified atom stereocenters. The van der Waals surface area contributed by atoms with E-state index in [1.807, 2.05) is 0 Å². The second-order valence-electron chi connectivity index (χ2n) is 12.3. The molecule has 0 aliphatic carbocycles. The fourth-order valence-electron chi connectivity index (χ4n) is 6.49. The van der Waals surface area contributed by atoms with Gasteiger partial charge in [-0.1, -0.05) is 47.5 Å². The fraction of sp³-hybridized carbons (Fsp3) is 0.324. The van der Waals surface area contributed by atoms with Gasteiger partial charge < -0.3 is 29.2 Å². The summed E-state index contributed by atoms with van der Waals surface area (Å²) in [5.74, 6) is -0.136. The number of phenols is 2. The third-order valence-electron chi connectivity index (χ3n) is 9.30. The summed E-state index contributed by atoms with van der Waals surface area (Å²) < 4.78 is 22.9. The zero-order chi connectivity index (χ0) is 35.4. The summed E-state index contributed by atoms with van der Waals surface area (Å²) in [7, 11) is 3.05. The largest absolute Gasteiger partial charge is 0.504 e. The third-order valence-corrected chi connectivity index (χ3v) is 9.97. The molecule has 0 saturated carbocycles. The van der Waals surface area contributed by atoms with Crippen LogP contribution in [0.1, 0.15) is 46.0 Å². The fourth-order valence-corrected chi connectivity index (χ4v) is 7.02. The number of pyridine rings is 1. The molecule has 7 rings (SSSR count). The molecule has 2 bridgehead atoms. The van der Waals surface area contributed by atoms with E-state index in [0.29, 0.717) is 44.8 Å². The van der Waals surface area contributed by atoms with Gasteiger partial charge in [-0.25, -0.2) is 14.6 Å². The van der Waals surface area contributed by atoms with Gasteiger partial charge in [0.2, 0.25) is 0 Å². The van der Waals surface area contributed by atoms with Crippen LogP contribution in [0, 0.1) is 5.92 Å². The Kier molecular flexibility index (Phi) is 10.9. The summed E-state index contributed by atoms with van der Waals surface area (Å²) in [5.41, 5.74) is 2.24. The van der Waals surface area contributed by atoms with Crippen molar-refractivity contribution in [2.45, 2.75) is 38.0 Å². The van der Waals surface area contributed by atoms with Crippen molar-refractivity contribution in [3.8, 4) is 23.0 Å². The predicted molar refractivity (Wildman–Crippen MR) is 186 cm³/mol. The molecule has 1 amide bonds. The van der Waals surface area contributed by atoms with Crippen molar-refractivity contribution in [3.63, 3.8) is 0 Å². The Balaban J connectivity index is 1.22. The Morgan fingerprint density at radius 3 is 2.30 bits per heavy atom. The highest BCUT2D eigenvalue weighted by Gasteiger charge is 2.38. The lowest BCUT2D eigenvalue weighted by Gasteiger charge is -2.44. The molecule has 3 aromatic carbocycles. The molecule has 3 aliphatic heterocycles. The van der Waals surface area contributed by atoms with Crippen molar-refractivity contribution in [2.75, 3.05) is 38.8 Å². The van der Waals surface area contributed by atoms with Crippen molar-refractivity contribution in [3.05, 3.63) is 105 Å². The van der Waals surface area contributed by atoms with E-state index in [4.69, 9.17) is 42.1 Å². The number of carbonyl (C=O) groups is 2. The van der Waals surface area contributed by atoms with Crippen molar-refractivity contribution in [1.82, 2.24) is 4.90 Å². The number of benzene rings is 3. The highest BCUT2D eigenvalue weighted by atomic mass is 35.5. The second-order valence-corrected chi connectivity index (χ2v) is 13.1. The van der Waals surface area contributed by atoms with Gasteiger partial charge in [-0.3, -0.25) is 9.80 Å². The number of nitrogens with one attached hydrogen (secondary N) is 1. The standard InChI is InChI=1S/C37H37Cl2N3O8/c1-47-31-11-10-25(16-33(31)48-2)32(17-26-27(38)18-40-19-28(26)39)49-36(45)24-8-6-22(7-9-24)20-42(29-4-3-5-30(43)35(29)44)37(46)50-34-21-41-14-12-23(34)13-15-41/h3-11,16,18-19,23,32,34,43-44H,12-15,17,20-21H2,1-2H3/p+1/t32-,34-/m0/s1. The van der Waals surface area contributed by atoms with Crippen molar-refractivity contribution in [2.24, 2.45) is 5.92 Å². The lowest BCUT2D eigenvalue weighted by atomic mass is 9.86. The molecule has 4 aromatic rings. The first-order valence-corrected chi connectivity index (χ1v) is 17.0. The van der Waals surface area contributed by atoms with E-state index in [1.165, 1.54) is 31.3 Å². The number of piperidine rings is 3. The van der Waals surface area contributed by atoms with Gasteiger partial charge in [0.15, 0.2) is 35.4 Å². The first-order valence-electron chi connectivity index (χ1n) is 16.2. The number of aromatic hydroxyl groups is 2. The van der Waals surface area contributed by atoms with Crippen LogP contribution in [0.25, 0.3) is 0 Å². The lowest BCUT2D eigenvalue weighted by Crippen LogP contribution is -2.53. The number of hydrogen-bond acceptors (Lipinski definition) is 9. The quantitative estimate of drug-likeness (QED) is 0.130. The van der Waals surface area contributed by atoms with Gasteiger partial charge in [0.25, 0.3) is 0 Å². The minimum Gasteiger partial charge on any atom is -0.504 e. The van der Waals surface area contributed by atoms with Gasteiger partial charge in [-0.05, 0) is 79.4 Å². The van der Waals surface area contributed by atoms with Crippen molar-refractivity contribution in [1.29, 1.82) is 0 Å². The number of hydrogen-bond donors (Lipinski definition) is 2. The molecule has 3 saturated heterocycles. The van der Waals surface area contributed by atoms with Crippen LogP contribution >= 0.6 is 23.2 Å². The molecule has 3 N–H and O–H groups in total. The van der Waals surface area contributed by atoms with E-state index in [-0.39, 0.29) is 42.0 Å². The van der Waals surface area contributed by atoms with Gasteiger partial charge >= 0.3 is 12.1 Å². The number of para-hydroxylation sites is 1. The van der Waals surface area contributed by atoms with E-state index in [2.05, 4.69) is 9.88 Å². The zero-order valence-electron chi connectivity index (χ0n) is 27.6. The maximum atomic E-state index is 13.7. The number of anilines is 1. The molecule has 0 radical (unpaired) electrons. The normalized spacial score (nSPS) is 18.6. The average Bonchev–Trinajstić information content (AvgIpc) is 3.13. The van der Waals surface area contributed by atoms with E-state index in [9.17, 15) is 19.8 Å². The number of nitrogens with zero attached hydrogens (tertiary/aromatic N) is 2. The highest BCUT2D eigenvalue weighted by Crippen LogP contribution is 2.38. The number of fused-ring (bicyclic) bond motifs is 3. The Morgan fingerprint density at radius 2 is 1.66 bits per heavy atom. The molecule has 3 aliphatic rings. The second kappa shape index (κ2) is 15.5. The molecular weight excluding hydrogens is 685 g/mol. The number of aromatic nitrogens is 1. The molecule has 0 spiro atoms. The molecule has 4 heterocycles. The van der Waals surface area contributed by atoms with Gasteiger partial charge in [0.1, 0.15) is 22.3 Å². The number of rotatable bonds is 11. The Labute approximate surface area is 299 Å². The van der Waals surface area contributed by atoms with Gasteiger partial charge in [-0.2, -0.15) is 0 Å². The Hall–Kier alpha value is -4.71. The summed E-state index contributed by atoms with van der Waals surface area (Å²) in [6.45, 7) is 2.65. The van der Waals surface area contributed by atoms with E-state index in [0.717, 1.165) is 25.9 Å². The molecule has 50 heavy (non-hydrogen) atoms. The van der Waals surface area contributed by atoms with Gasteiger partial charge in [-0.15, -0.1) is 0 Å². The van der Waals surface area contributed by atoms with Crippen LogP contribution in [0.4, 0.5) is 10.5 Å². The molecule has 1 aromatic heterocycles. The zero-order valence-corrected chi connectivity index (χ0v) is 29.1. The molecule has 3 fully saturated rings. The van der Waals surface area contributed by atoms with Crippen LogP contribution < -0.4 is 19.4 Å². The van der Waals surface area contributed by atoms with Gasteiger partial charge in [0.05, 0.1) is 32.0 Å². The summed E-state index contributed by atoms with van der Waals surface area (Å²) in [6.07, 6.45) is 3.60. The summed E-state index contributed by atoms with van der Waals surface area (Å²) in [5, 5.41) is 21.7. The number of aromatic amines is 1. The summed E-state index contributed by atoms with van der Waals surface area (Å²) in [6, 6.07) is 16.2. The van der Waals surface area contributed by atoms with E-state index < -0.39 is 23.9 Å². The number of phenolic OH excluding ortho intramolecular Hbond substituents is 2. The van der Waals surface area contributed by atoms with Crippen LogP contribution in [0.15, 0.2) is 73.1 Å². The van der Waals surface area contributed by atoms with Crippen LogP contribution in [0.2, 0.25) is 10.0 Å². The minimum absolute atomic E-state index is 0.00255. The topological polar surface area (TPSA) is 132 Å². The van der Waals surface area contributed by atoms with Crippen LogP contribution in [0.3, 0.4) is 0 Å². The highest BCUT2D eigenvalue weighted by molar-refractivity contribution is 6.35. The van der Waals surface area contributed by atoms with Crippen LogP contribution in [0.5, 0.6) is 23.0 Å². The molecule has 262 valence electrons. The summed E-state index contributed by atoms with van der Waals surface area (Å²) in [4.78, 5) is 33.7. The minimum atomic E-state index is -0.801. The van der Waals surface area contributed by atoms with Crippen molar-refractivity contribution >= 4 is 41.0 Å². The molecule has 11 nitrogen and oxygen atoms in total. The van der Waals surface area contributed by atoms with Gasteiger partial charge in [0, 0.05) is 18.5 Å². The Bertz CT molecular complexity index is 1830. The smallest absolute Gasteiger partial charge is 0.415 e. The first-order chi connectivity index (χ1) is 24.1. The third kappa shape index (κ3) is 7.70. The molecule has 2 atom stereocenters. The number of ether oxygens (including phenoxy) is 4. The Morgan fingerprint density at radius 1 is 0.960 bits per heavy atom. The number of esters is 1. The first kappa shape index (κ1) is 35.1. The maximum absolute atomic E-state index is 13.7. The number of H-pyrrole nitrogens is 1. The predicted octanol–water partition coefficient (Wildman–Crippen LogP) is 6.61. The lowest BCUT2D eigenvalue weighted by molar-refractivity contribution is -0.377. The van der Waals surface area contributed by atoms with Crippen LogP contribution in [-0.4, -0.2) is 67.1 Å². The summed E-state index contributed by atoms with van der Waals surface area (Å²) >= 11 is 12.9. The molecular formula is C37H38Cl2N3O8+. The van der Waals surface area contributed by atoms with E-state index >= 15 is 0 Å².